The van der Waals surface area contributed by atoms with E-state index in [2.05, 4.69) is 10.3 Å². The first-order valence-corrected chi connectivity index (χ1v) is 10.5. The minimum atomic E-state index is -3.26. The van der Waals surface area contributed by atoms with Crippen molar-refractivity contribution in [1.29, 1.82) is 0 Å². The van der Waals surface area contributed by atoms with E-state index < -0.39 is 10.0 Å². The molecule has 26 heavy (non-hydrogen) atoms. The molecule has 0 unspecified atom stereocenters. The van der Waals surface area contributed by atoms with Gasteiger partial charge in [-0.25, -0.2) is 8.42 Å². The van der Waals surface area contributed by atoms with E-state index in [0.29, 0.717) is 36.5 Å². The molecule has 1 aromatic carbocycles. The zero-order valence-electron chi connectivity index (χ0n) is 14.4. The van der Waals surface area contributed by atoms with Gasteiger partial charge in [0, 0.05) is 37.1 Å². The quantitative estimate of drug-likeness (QED) is 0.842. The molecule has 0 saturated heterocycles. The summed E-state index contributed by atoms with van der Waals surface area (Å²) in [6, 6.07) is 7.53. The summed E-state index contributed by atoms with van der Waals surface area (Å²) in [5.41, 5.74) is 3.14. The van der Waals surface area contributed by atoms with Crippen molar-refractivity contribution in [3.05, 3.63) is 63.9 Å². The number of nitrogens with one attached hydrogen (secondary N) is 1. The van der Waals surface area contributed by atoms with Crippen LogP contribution in [0.3, 0.4) is 0 Å². The summed E-state index contributed by atoms with van der Waals surface area (Å²) >= 11 is 6.13. The Labute approximate surface area is 158 Å². The number of carbonyl (C=O) groups excluding carboxylic acids is 1. The molecule has 2 heterocycles. The standard InChI is InChI=1S/C18H20ClN3O3S/c1-26(24,25)22-9-7-15-14(12-22)10-20-11-16(15)18(23)21-8-6-13-4-2-3-5-17(13)19/h2-5,10-11H,6-9,12H2,1H3,(H,21,23). The molecular formula is C18H20ClN3O3S. The maximum Gasteiger partial charge on any atom is 0.253 e. The summed E-state index contributed by atoms with van der Waals surface area (Å²) in [4.78, 5) is 16.7. The Morgan fingerprint density at radius 3 is 2.81 bits per heavy atom. The molecule has 3 rings (SSSR count). The maximum absolute atomic E-state index is 12.6. The van der Waals surface area contributed by atoms with Gasteiger partial charge in [-0.2, -0.15) is 4.31 Å². The Morgan fingerprint density at radius 1 is 1.31 bits per heavy atom. The number of pyridine rings is 1. The fourth-order valence-electron chi connectivity index (χ4n) is 3.05. The highest BCUT2D eigenvalue weighted by Gasteiger charge is 2.26. The van der Waals surface area contributed by atoms with Gasteiger partial charge in [-0.05, 0) is 35.6 Å². The highest BCUT2D eigenvalue weighted by molar-refractivity contribution is 7.88. The first-order chi connectivity index (χ1) is 12.4. The lowest BCUT2D eigenvalue weighted by Crippen LogP contribution is -2.36. The number of sulfonamides is 1. The third kappa shape index (κ3) is 4.23. The molecule has 0 bridgehead atoms. The molecule has 1 aliphatic heterocycles. The number of nitrogens with zero attached hydrogens (tertiary/aromatic N) is 2. The van der Waals surface area contributed by atoms with Crippen molar-refractivity contribution in [1.82, 2.24) is 14.6 Å². The summed E-state index contributed by atoms with van der Waals surface area (Å²) in [5, 5.41) is 3.58. The van der Waals surface area contributed by atoms with Gasteiger partial charge in [0.1, 0.15) is 0 Å². The smallest absolute Gasteiger partial charge is 0.253 e. The topological polar surface area (TPSA) is 79.4 Å². The van der Waals surface area contributed by atoms with Crippen molar-refractivity contribution in [2.75, 3.05) is 19.3 Å². The van der Waals surface area contributed by atoms with E-state index in [1.165, 1.54) is 10.6 Å². The molecule has 1 aliphatic rings. The third-order valence-electron chi connectivity index (χ3n) is 4.46. The first-order valence-electron chi connectivity index (χ1n) is 8.29. The molecule has 1 aromatic heterocycles. The normalized spacial score (nSPS) is 14.7. The van der Waals surface area contributed by atoms with Gasteiger partial charge in [-0.1, -0.05) is 29.8 Å². The van der Waals surface area contributed by atoms with Gasteiger partial charge in [0.15, 0.2) is 0 Å². The zero-order chi connectivity index (χ0) is 18.7. The molecule has 2 aromatic rings. The Kier molecular flexibility index (Phi) is 5.60. The van der Waals surface area contributed by atoms with Crippen LogP contribution < -0.4 is 5.32 Å². The van der Waals surface area contributed by atoms with E-state index >= 15 is 0 Å². The number of hydrogen-bond donors (Lipinski definition) is 1. The van der Waals surface area contributed by atoms with Crippen LogP contribution in [0.4, 0.5) is 0 Å². The monoisotopic (exact) mass is 393 g/mol. The van der Waals surface area contributed by atoms with Crippen LogP contribution in [0.5, 0.6) is 0 Å². The summed E-state index contributed by atoms with van der Waals surface area (Å²) in [6.07, 6.45) is 5.50. The lowest BCUT2D eigenvalue weighted by atomic mass is 9.98. The Bertz CT molecular complexity index is 931. The van der Waals surface area contributed by atoms with Crippen LogP contribution in [0, 0.1) is 0 Å². The molecule has 0 spiro atoms. The average molecular weight is 394 g/mol. The number of amides is 1. The Morgan fingerprint density at radius 2 is 2.08 bits per heavy atom. The molecule has 0 saturated carbocycles. The van der Waals surface area contributed by atoms with E-state index in [1.54, 1.807) is 12.4 Å². The van der Waals surface area contributed by atoms with Gasteiger partial charge in [-0.15, -0.1) is 0 Å². The zero-order valence-corrected chi connectivity index (χ0v) is 16.0. The SMILES string of the molecule is CS(=O)(=O)N1CCc2c(cncc2C(=O)NCCc2ccccc2Cl)C1. The predicted molar refractivity (Wildman–Crippen MR) is 101 cm³/mol. The van der Waals surface area contributed by atoms with Crippen LogP contribution in [-0.4, -0.2) is 43.0 Å². The van der Waals surface area contributed by atoms with Crippen molar-refractivity contribution in [3.63, 3.8) is 0 Å². The van der Waals surface area contributed by atoms with E-state index in [4.69, 9.17) is 11.6 Å². The second kappa shape index (κ2) is 7.73. The molecule has 0 aliphatic carbocycles. The second-order valence-corrected chi connectivity index (χ2v) is 8.66. The molecule has 8 heteroatoms. The van der Waals surface area contributed by atoms with Crippen LogP contribution in [0.2, 0.25) is 5.02 Å². The first kappa shape index (κ1) is 18.8. The number of hydrogen-bond acceptors (Lipinski definition) is 4. The van der Waals surface area contributed by atoms with Crippen molar-refractivity contribution in [2.45, 2.75) is 19.4 Å². The van der Waals surface area contributed by atoms with Crippen molar-refractivity contribution >= 4 is 27.5 Å². The number of rotatable bonds is 5. The number of halogens is 1. The van der Waals surface area contributed by atoms with Gasteiger partial charge < -0.3 is 5.32 Å². The Hall–Kier alpha value is -1.96. The lowest BCUT2D eigenvalue weighted by molar-refractivity contribution is 0.0952. The van der Waals surface area contributed by atoms with Gasteiger partial charge in [0.2, 0.25) is 10.0 Å². The molecular weight excluding hydrogens is 374 g/mol. The van der Waals surface area contributed by atoms with Crippen molar-refractivity contribution in [3.8, 4) is 0 Å². The fourth-order valence-corrected chi connectivity index (χ4v) is 4.08. The molecule has 0 fully saturated rings. The lowest BCUT2D eigenvalue weighted by Gasteiger charge is -2.27. The van der Waals surface area contributed by atoms with E-state index in [9.17, 15) is 13.2 Å². The molecule has 1 N–H and O–H groups in total. The third-order valence-corrected chi connectivity index (χ3v) is 6.07. The molecule has 138 valence electrons. The average Bonchev–Trinajstić information content (AvgIpc) is 2.61. The molecule has 6 nitrogen and oxygen atoms in total. The van der Waals surface area contributed by atoms with Gasteiger partial charge in [0.25, 0.3) is 5.91 Å². The summed E-state index contributed by atoms with van der Waals surface area (Å²) in [5.74, 6) is -0.200. The molecule has 0 atom stereocenters. The molecule has 1 amide bonds. The summed E-state index contributed by atoms with van der Waals surface area (Å²) < 4.78 is 24.9. The van der Waals surface area contributed by atoms with Crippen LogP contribution in [0.1, 0.15) is 27.0 Å². The minimum absolute atomic E-state index is 0.200. The highest BCUT2D eigenvalue weighted by Crippen LogP contribution is 2.23. The van der Waals surface area contributed by atoms with Crippen molar-refractivity contribution < 1.29 is 13.2 Å². The van der Waals surface area contributed by atoms with Crippen LogP contribution in [-0.2, 0) is 29.4 Å². The van der Waals surface area contributed by atoms with Crippen molar-refractivity contribution in [2.24, 2.45) is 0 Å². The van der Waals surface area contributed by atoms with E-state index in [-0.39, 0.29) is 12.5 Å². The van der Waals surface area contributed by atoms with Gasteiger partial charge in [0.05, 0.1) is 11.8 Å². The van der Waals surface area contributed by atoms with E-state index in [0.717, 1.165) is 16.7 Å². The fraction of sp³-hybridized carbons (Fsp3) is 0.333. The summed E-state index contributed by atoms with van der Waals surface area (Å²) in [7, 11) is -3.26. The highest BCUT2D eigenvalue weighted by atomic mass is 35.5. The number of fused-ring (bicyclic) bond motifs is 1. The van der Waals surface area contributed by atoms with Crippen LogP contribution in [0.25, 0.3) is 0 Å². The Balaban J connectivity index is 1.68. The van der Waals surface area contributed by atoms with Gasteiger partial charge >= 0.3 is 0 Å². The van der Waals surface area contributed by atoms with Crippen LogP contribution in [0.15, 0.2) is 36.7 Å². The minimum Gasteiger partial charge on any atom is -0.352 e. The summed E-state index contributed by atoms with van der Waals surface area (Å²) in [6.45, 7) is 1.08. The number of carbonyl (C=O) groups is 1. The largest absolute Gasteiger partial charge is 0.352 e. The molecule has 0 radical (unpaired) electrons. The van der Waals surface area contributed by atoms with E-state index in [1.807, 2.05) is 24.3 Å². The number of benzene rings is 1. The predicted octanol–water partition coefficient (Wildman–Crippen LogP) is 2.03. The second-order valence-electron chi connectivity index (χ2n) is 6.27. The number of aromatic nitrogens is 1. The van der Waals surface area contributed by atoms with Crippen LogP contribution >= 0.6 is 11.6 Å². The maximum atomic E-state index is 12.6. The van der Waals surface area contributed by atoms with Gasteiger partial charge in [-0.3, -0.25) is 9.78 Å².